The first-order chi connectivity index (χ1) is 13.0. The molecule has 0 aliphatic carbocycles. The SMILES string of the molecule is CCC1Oc2cc(C(C)NC(=O)CCc3ccccc3N)ccc2NC1=O.Cl. The third kappa shape index (κ3) is 4.95. The first-order valence-electron chi connectivity index (χ1n) is 9.22. The van der Waals surface area contributed by atoms with E-state index in [0.29, 0.717) is 36.4 Å². The summed E-state index contributed by atoms with van der Waals surface area (Å²) in [7, 11) is 0. The van der Waals surface area contributed by atoms with Crippen molar-refractivity contribution in [1.29, 1.82) is 0 Å². The lowest BCUT2D eigenvalue weighted by atomic mass is 10.0. The molecule has 2 amide bonds. The van der Waals surface area contributed by atoms with Gasteiger partial charge in [-0.05, 0) is 49.1 Å². The molecule has 0 fully saturated rings. The second-order valence-corrected chi connectivity index (χ2v) is 6.75. The van der Waals surface area contributed by atoms with Crippen LogP contribution in [0.5, 0.6) is 5.75 Å². The summed E-state index contributed by atoms with van der Waals surface area (Å²) in [4.78, 5) is 24.2. The summed E-state index contributed by atoms with van der Waals surface area (Å²) < 4.78 is 5.77. The van der Waals surface area contributed by atoms with E-state index >= 15 is 0 Å². The number of nitrogen functional groups attached to an aromatic ring is 1. The Hall–Kier alpha value is -2.73. The van der Waals surface area contributed by atoms with Crippen molar-refractivity contribution in [2.45, 2.75) is 45.3 Å². The molecule has 1 heterocycles. The summed E-state index contributed by atoms with van der Waals surface area (Å²) in [5.41, 5.74) is 9.19. The fourth-order valence-corrected chi connectivity index (χ4v) is 3.10. The van der Waals surface area contributed by atoms with Gasteiger partial charge < -0.3 is 21.1 Å². The van der Waals surface area contributed by atoms with E-state index in [2.05, 4.69) is 10.6 Å². The first-order valence-corrected chi connectivity index (χ1v) is 9.22. The zero-order valence-electron chi connectivity index (χ0n) is 16.0. The second-order valence-electron chi connectivity index (χ2n) is 6.75. The molecule has 2 atom stereocenters. The van der Waals surface area contributed by atoms with Gasteiger partial charge in [0.1, 0.15) is 5.75 Å². The van der Waals surface area contributed by atoms with E-state index < -0.39 is 6.10 Å². The molecule has 0 saturated heterocycles. The van der Waals surface area contributed by atoms with Gasteiger partial charge in [0.25, 0.3) is 5.91 Å². The number of nitrogens with one attached hydrogen (secondary N) is 2. The average Bonchev–Trinajstić information content (AvgIpc) is 2.66. The highest BCUT2D eigenvalue weighted by Gasteiger charge is 2.26. The zero-order valence-corrected chi connectivity index (χ0v) is 16.8. The number of hydrogen-bond donors (Lipinski definition) is 3. The van der Waals surface area contributed by atoms with Crippen molar-refractivity contribution in [1.82, 2.24) is 5.32 Å². The van der Waals surface area contributed by atoms with E-state index in [1.807, 2.05) is 56.3 Å². The number of nitrogens with two attached hydrogens (primary N) is 1. The van der Waals surface area contributed by atoms with Crippen LogP contribution in [-0.4, -0.2) is 17.9 Å². The monoisotopic (exact) mass is 403 g/mol. The van der Waals surface area contributed by atoms with Gasteiger partial charge in [-0.25, -0.2) is 0 Å². The quantitative estimate of drug-likeness (QED) is 0.642. The summed E-state index contributed by atoms with van der Waals surface area (Å²) in [6, 6.07) is 13.0. The Labute approximate surface area is 171 Å². The standard InChI is InChI=1S/C21H25N3O3.ClH/c1-3-18-21(26)24-17-10-8-15(12-19(17)27-18)13(2)23-20(25)11-9-14-6-4-5-7-16(14)22;/h4-8,10,12-13,18H,3,9,11,22H2,1-2H3,(H,23,25)(H,24,26);1H. The maximum absolute atomic E-state index is 12.3. The van der Waals surface area contributed by atoms with E-state index in [1.54, 1.807) is 0 Å². The number of halogens is 1. The van der Waals surface area contributed by atoms with Crippen molar-refractivity contribution in [3.8, 4) is 5.75 Å². The maximum Gasteiger partial charge on any atom is 0.265 e. The Morgan fingerprint density at radius 3 is 2.75 bits per heavy atom. The summed E-state index contributed by atoms with van der Waals surface area (Å²) >= 11 is 0. The molecule has 0 spiro atoms. The number of carbonyl (C=O) groups is 2. The fourth-order valence-electron chi connectivity index (χ4n) is 3.10. The van der Waals surface area contributed by atoms with Crippen LogP contribution in [0.3, 0.4) is 0 Å². The van der Waals surface area contributed by atoms with Gasteiger partial charge in [0.15, 0.2) is 6.10 Å². The average molecular weight is 404 g/mol. The van der Waals surface area contributed by atoms with Crippen LogP contribution in [0.2, 0.25) is 0 Å². The maximum atomic E-state index is 12.3. The van der Waals surface area contributed by atoms with Gasteiger partial charge in [-0.3, -0.25) is 9.59 Å². The zero-order chi connectivity index (χ0) is 19.4. The van der Waals surface area contributed by atoms with Crippen LogP contribution in [0.1, 0.15) is 43.9 Å². The number of benzene rings is 2. The highest BCUT2D eigenvalue weighted by atomic mass is 35.5. The third-order valence-corrected chi connectivity index (χ3v) is 4.75. The molecule has 0 aromatic heterocycles. The Balaban J connectivity index is 0.00000280. The largest absolute Gasteiger partial charge is 0.478 e. The van der Waals surface area contributed by atoms with E-state index in [-0.39, 0.29) is 30.3 Å². The molecule has 28 heavy (non-hydrogen) atoms. The predicted octanol–water partition coefficient (Wildman–Crippen LogP) is 3.61. The normalized spacial score (nSPS) is 16.1. The summed E-state index contributed by atoms with van der Waals surface area (Å²) in [5, 5.41) is 5.85. The highest BCUT2D eigenvalue weighted by Crippen LogP contribution is 2.33. The smallest absolute Gasteiger partial charge is 0.265 e. The van der Waals surface area contributed by atoms with Crippen LogP contribution in [0.25, 0.3) is 0 Å². The number of amides is 2. The number of anilines is 2. The van der Waals surface area contributed by atoms with Gasteiger partial charge in [0, 0.05) is 12.1 Å². The lowest BCUT2D eigenvalue weighted by Gasteiger charge is -2.26. The number of para-hydroxylation sites is 1. The minimum Gasteiger partial charge on any atom is -0.478 e. The van der Waals surface area contributed by atoms with Crippen LogP contribution in [0.4, 0.5) is 11.4 Å². The van der Waals surface area contributed by atoms with E-state index in [1.165, 1.54) is 0 Å². The summed E-state index contributed by atoms with van der Waals surface area (Å²) in [6.07, 6.45) is 1.09. The molecule has 2 aromatic rings. The summed E-state index contributed by atoms with van der Waals surface area (Å²) in [5.74, 6) is 0.473. The predicted molar refractivity (Wildman–Crippen MR) is 113 cm³/mol. The van der Waals surface area contributed by atoms with Crippen LogP contribution >= 0.6 is 12.4 Å². The summed E-state index contributed by atoms with van der Waals surface area (Å²) in [6.45, 7) is 3.83. The molecule has 3 rings (SSSR count). The topological polar surface area (TPSA) is 93.4 Å². The van der Waals surface area contributed by atoms with E-state index in [9.17, 15) is 9.59 Å². The molecule has 150 valence electrons. The number of ether oxygens (including phenoxy) is 1. The molecule has 0 radical (unpaired) electrons. The number of carbonyl (C=O) groups excluding carboxylic acids is 2. The van der Waals surface area contributed by atoms with Gasteiger partial charge in [-0.15, -0.1) is 12.4 Å². The van der Waals surface area contributed by atoms with Crippen LogP contribution in [0, 0.1) is 0 Å². The molecule has 0 saturated carbocycles. The van der Waals surface area contributed by atoms with Gasteiger partial charge in [0.2, 0.25) is 5.91 Å². The molecule has 6 nitrogen and oxygen atoms in total. The molecule has 4 N–H and O–H groups in total. The first kappa shape index (κ1) is 21.6. The van der Waals surface area contributed by atoms with Gasteiger partial charge in [-0.1, -0.05) is 31.2 Å². The molecule has 7 heteroatoms. The van der Waals surface area contributed by atoms with Gasteiger partial charge in [-0.2, -0.15) is 0 Å². The molecule has 0 bridgehead atoms. The Kier molecular flexibility index (Phi) is 7.29. The van der Waals surface area contributed by atoms with Crippen LogP contribution in [0.15, 0.2) is 42.5 Å². The number of aryl methyl sites for hydroxylation is 1. The molecule has 2 unspecified atom stereocenters. The second kappa shape index (κ2) is 9.46. The van der Waals surface area contributed by atoms with Crippen molar-refractivity contribution in [2.24, 2.45) is 0 Å². The molecular formula is C21H26ClN3O3. The van der Waals surface area contributed by atoms with Crippen molar-refractivity contribution in [3.63, 3.8) is 0 Å². The van der Waals surface area contributed by atoms with Crippen molar-refractivity contribution >= 4 is 35.6 Å². The Bertz CT molecular complexity index is 857. The molecule has 1 aliphatic heterocycles. The molecule has 1 aliphatic rings. The van der Waals surface area contributed by atoms with Gasteiger partial charge >= 0.3 is 0 Å². The number of fused-ring (bicyclic) bond motifs is 1. The van der Waals surface area contributed by atoms with Gasteiger partial charge in [0.05, 0.1) is 11.7 Å². The Morgan fingerprint density at radius 1 is 1.29 bits per heavy atom. The number of rotatable bonds is 6. The van der Waals surface area contributed by atoms with Crippen molar-refractivity contribution in [3.05, 3.63) is 53.6 Å². The van der Waals surface area contributed by atoms with Crippen LogP contribution in [-0.2, 0) is 16.0 Å². The Morgan fingerprint density at radius 2 is 2.04 bits per heavy atom. The molecule has 2 aromatic carbocycles. The number of hydrogen-bond acceptors (Lipinski definition) is 4. The van der Waals surface area contributed by atoms with E-state index in [0.717, 1.165) is 11.1 Å². The fraction of sp³-hybridized carbons (Fsp3) is 0.333. The van der Waals surface area contributed by atoms with Crippen molar-refractivity contribution in [2.75, 3.05) is 11.1 Å². The molecular weight excluding hydrogens is 378 g/mol. The van der Waals surface area contributed by atoms with E-state index in [4.69, 9.17) is 10.5 Å². The minimum atomic E-state index is -0.478. The lowest BCUT2D eigenvalue weighted by molar-refractivity contribution is -0.123. The highest BCUT2D eigenvalue weighted by molar-refractivity contribution is 5.97. The minimum absolute atomic E-state index is 0. The van der Waals surface area contributed by atoms with Crippen LogP contribution < -0.4 is 21.1 Å². The van der Waals surface area contributed by atoms with Crippen molar-refractivity contribution < 1.29 is 14.3 Å². The third-order valence-electron chi connectivity index (χ3n) is 4.75. The lowest BCUT2D eigenvalue weighted by Crippen LogP contribution is -2.36.